The normalized spacial score (nSPS) is 11.4. The molecule has 0 aromatic carbocycles. The molecule has 196 valence electrons. The molecule has 35 heavy (non-hydrogen) atoms. The van der Waals surface area contributed by atoms with Crippen LogP contribution in [-0.2, 0) is 38.4 Å². The van der Waals surface area contributed by atoms with Gasteiger partial charge in [-0.1, -0.05) is 27.7 Å². The average molecular weight is 515 g/mol. The molecule has 0 bridgehead atoms. The number of aldehydes is 1. The van der Waals surface area contributed by atoms with Crippen LogP contribution in [0.15, 0.2) is 0 Å². The van der Waals surface area contributed by atoms with E-state index in [0.717, 1.165) is 0 Å². The van der Waals surface area contributed by atoms with Gasteiger partial charge < -0.3 is 34.5 Å². The zero-order valence-corrected chi connectivity index (χ0v) is 22.6. The second kappa shape index (κ2) is 25.9. The predicted molar refractivity (Wildman–Crippen MR) is 120 cm³/mol. The molecule has 0 N–H and O–H groups in total. The van der Waals surface area contributed by atoms with Crippen LogP contribution < -0.4 is 15.3 Å². The number of ketones is 4. The summed E-state index contributed by atoms with van der Waals surface area (Å²) >= 11 is 0. The molecule has 0 saturated carbocycles. The second-order valence-electron chi connectivity index (χ2n) is 6.93. The quantitative estimate of drug-likeness (QED) is 0.162. The third-order valence-corrected chi connectivity index (χ3v) is 4.26. The molecule has 0 amide bonds. The Morgan fingerprint density at radius 1 is 0.600 bits per heavy atom. The van der Waals surface area contributed by atoms with E-state index >= 15 is 0 Å². The second-order valence-corrected chi connectivity index (χ2v) is 6.93. The maximum Gasteiger partial charge on any atom is 3.00 e. The van der Waals surface area contributed by atoms with Crippen molar-refractivity contribution in [1.29, 1.82) is 0 Å². The molecule has 0 fully saturated rings. The van der Waals surface area contributed by atoms with Crippen LogP contribution in [0, 0.1) is 17.8 Å². The Bertz CT molecular complexity index is 584. The molecule has 0 aliphatic carbocycles. The van der Waals surface area contributed by atoms with Crippen molar-refractivity contribution in [3.63, 3.8) is 0 Å². The van der Waals surface area contributed by atoms with Crippen molar-refractivity contribution in [1.82, 2.24) is 0 Å². The van der Waals surface area contributed by atoms with Gasteiger partial charge in [-0.3, -0.25) is 19.2 Å². The van der Waals surface area contributed by atoms with Gasteiger partial charge in [-0.25, -0.2) is 0 Å². The summed E-state index contributed by atoms with van der Waals surface area (Å²) in [6.45, 7) is 10.4. The third-order valence-electron chi connectivity index (χ3n) is 4.26. The molecular weight excluding hydrogens is 479 g/mol. The van der Waals surface area contributed by atoms with Crippen LogP contribution in [0.5, 0.6) is 0 Å². The fraction of sp³-hybridized carbons (Fsp3) is 0.652. The summed E-state index contributed by atoms with van der Waals surface area (Å²) in [5.74, 6) is -7.55. The summed E-state index contributed by atoms with van der Waals surface area (Å²) in [4.78, 5) is 81.0. The van der Waals surface area contributed by atoms with Crippen molar-refractivity contribution in [2.24, 2.45) is 17.8 Å². The van der Waals surface area contributed by atoms with Crippen LogP contribution in [0.25, 0.3) is 0 Å². The van der Waals surface area contributed by atoms with Gasteiger partial charge in [0.15, 0.2) is 0 Å². The van der Waals surface area contributed by atoms with E-state index in [1.54, 1.807) is 27.7 Å². The molecule has 0 aromatic rings. The topological polar surface area (TPSA) is 206 Å². The van der Waals surface area contributed by atoms with Crippen LogP contribution in [0.1, 0.15) is 80.6 Å². The zero-order valence-electron chi connectivity index (χ0n) is 21.4. The molecule has 0 rings (SSSR count). The fourth-order valence-electron chi connectivity index (χ4n) is 2.10. The summed E-state index contributed by atoms with van der Waals surface area (Å²) in [6.07, 6.45) is 2.13. The first kappa shape index (κ1) is 42.5. The first-order chi connectivity index (χ1) is 15.6. The molecule has 3 unspecified atom stereocenters. The zero-order chi connectivity index (χ0) is 28.0. The maximum atomic E-state index is 10.4. The van der Waals surface area contributed by atoms with E-state index in [1.807, 2.05) is 0 Å². The molecule has 0 spiro atoms. The van der Waals surface area contributed by atoms with Crippen LogP contribution >= 0.6 is 0 Å². The minimum absolute atomic E-state index is 0. The van der Waals surface area contributed by atoms with Gasteiger partial charge in [-0.05, 0) is 40.0 Å². The maximum absolute atomic E-state index is 10.4. The number of carboxylic acid groups (broad SMARTS) is 3. The fourth-order valence-corrected chi connectivity index (χ4v) is 2.10. The number of carboxylic acids is 3. The predicted octanol–water partition coefficient (Wildman–Crippen LogP) is -1.77. The first-order valence-corrected chi connectivity index (χ1v) is 10.7. The largest absolute Gasteiger partial charge is 3.00 e. The van der Waals surface area contributed by atoms with Crippen molar-refractivity contribution >= 4 is 64.7 Å². The van der Waals surface area contributed by atoms with E-state index in [2.05, 4.69) is 0 Å². The van der Waals surface area contributed by atoms with Gasteiger partial charge in [0, 0.05) is 6.42 Å². The van der Waals surface area contributed by atoms with Gasteiger partial charge in [-0.15, -0.1) is 0 Å². The Kier molecular flexibility index (Phi) is 31.4. The number of hydrogen-bond acceptors (Lipinski definition) is 11. The van der Waals surface area contributed by atoms with E-state index < -0.39 is 35.7 Å². The van der Waals surface area contributed by atoms with Gasteiger partial charge >= 0.3 is 17.4 Å². The Hall–Kier alpha value is -2.71. The average Bonchev–Trinajstić information content (AvgIpc) is 2.69. The number of carbonyl (C=O) groups excluding carboxylic acids is 8. The Morgan fingerprint density at radius 3 is 0.857 bits per heavy atom. The number of rotatable bonds is 12. The van der Waals surface area contributed by atoms with Crippen molar-refractivity contribution in [2.45, 2.75) is 80.6 Å². The minimum Gasteiger partial charge on any atom is -0.549 e. The number of hydrogen-bond donors (Lipinski definition) is 0. The van der Waals surface area contributed by atoms with E-state index in [-0.39, 0.29) is 46.9 Å². The van der Waals surface area contributed by atoms with Gasteiger partial charge in [0.25, 0.3) is 0 Å². The van der Waals surface area contributed by atoms with Crippen LogP contribution in [0.3, 0.4) is 0 Å². The molecule has 12 heteroatoms. The van der Waals surface area contributed by atoms with Crippen molar-refractivity contribution in [3.05, 3.63) is 0 Å². The summed E-state index contributed by atoms with van der Waals surface area (Å²) in [6, 6.07) is 0. The number of aliphatic carboxylic acids is 3. The summed E-state index contributed by atoms with van der Waals surface area (Å²) in [7, 11) is 0. The summed E-state index contributed by atoms with van der Waals surface area (Å²) in [5, 5.41) is 30.1. The van der Waals surface area contributed by atoms with Gasteiger partial charge in [0.1, 0.15) is 29.4 Å². The van der Waals surface area contributed by atoms with Crippen molar-refractivity contribution in [3.8, 4) is 0 Å². The van der Waals surface area contributed by atoms with Crippen LogP contribution in [-0.4, -0.2) is 64.7 Å². The first-order valence-electron chi connectivity index (χ1n) is 10.7. The summed E-state index contributed by atoms with van der Waals surface area (Å²) < 4.78 is 0. The van der Waals surface area contributed by atoms with Gasteiger partial charge in [0.05, 0.1) is 42.1 Å². The van der Waals surface area contributed by atoms with Gasteiger partial charge in [-0.2, -0.15) is 0 Å². The Labute approximate surface area is 216 Å². The molecule has 0 aliphatic heterocycles. The molecule has 0 heterocycles. The standard InChI is InChI=1S/3C6H10O3.C5H8O2.Al/c3*1-3-5(4(2)7)6(8)9;1-2-5(7)3-4-6;/h3*5H,3H2,1-2H3,(H,8,9);4H,2-3H2,1H3;/q;;;;+3/p-3. The molecule has 0 saturated heterocycles. The summed E-state index contributed by atoms with van der Waals surface area (Å²) in [5.41, 5.74) is 0. The molecule has 11 nitrogen and oxygen atoms in total. The van der Waals surface area contributed by atoms with Gasteiger partial charge in [0.2, 0.25) is 0 Å². The van der Waals surface area contributed by atoms with E-state index in [9.17, 15) is 53.7 Å². The van der Waals surface area contributed by atoms with E-state index in [1.165, 1.54) is 20.8 Å². The molecule has 3 atom stereocenters. The molecule has 0 aliphatic rings. The van der Waals surface area contributed by atoms with Crippen LogP contribution in [0.2, 0.25) is 0 Å². The van der Waals surface area contributed by atoms with E-state index in [4.69, 9.17) is 0 Å². The van der Waals surface area contributed by atoms with Crippen LogP contribution in [0.4, 0.5) is 0 Å². The molecule has 0 aromatic heterocycles. The van der Waals surface area contributed by atoms with E-state index in [0.29, 0.717) is 32.0 Å². The smallest absolute Gasteiger partial charge is 0.549 e. The monoisotopic (exact) mass is 514 g/mol. The van der Waals surface area contributed by atoms with Crippen molar-refractivity contribution in [2.75, 3.05) is 0 Å². The minimum atomic E-state index is -1.27. The molecular formula is C23H35AlO11. The molecule has 0 radical (unpaired) electrons. The SMILES string of the molecule is CCC(=O)CC=O.CCC(C(C)=O)C(=O)[O-].CCC(C(C)=O)C(=O)[O-].CCC(C(C)=O)C(=O)[O-].[Al+3]. The number of carbonyl (C=O) groups is 8. The van der Waals surface area contributed by atoms with Crippen molar-refractivity contribution < 1.29 is 53.7 Å². The number of Topliss-reactive ketones (excluding diaryl/α,β-unsaturated/α-hetero) is 4. The Morgan fingerprint density at radius 2 is 0.829 bits per heavy atom. The third kappa shape index (κ3) is 25.7. The Balaban J connectivity index is -0.000000114.